The zero-order valence-corrected chi connectivity index (χ0v) is 17.2. The van der Waals surface area contributed by atoms with Crippen LogP contribution in [0.25, 0.3) is 11.0 Å². The van der Waals surface area contributed by atoms with Crippen LogP contribution in [0.5, 0.6) is 0 Å². The molecular formula is C21H25ClN6O. The fraction of sp³-hybridized carbons (Fsp3) is 0.381. The van der Waals surface area contributed by atoms with Gasteiger partial charge in [0.1, 0.15) is 17.8 Å². The van der Waals surface area contributed by atoms with Gasteiger partial charge in [0.05, 0.1) is 11.3 Å². The normalized spacial score (nSPS) is 15.7. The molecule has 29 heavy (non-hydrogen) atoms. The molecule has 1 atom stereocenters. The zero-order chi connectivity index (χ0) is 20.4. The fourth-order valence-electron chi connectivity index (χ4n) is 3.91. The van der Waals surface area contributed by atoms with E-state index in [9.17, 15) is 4.79 Å². The number of nitrogens with one attached hydrogen (secondary N) is 1. The predicted octanol–water partition coefficient (Wildman–Crippen LogP) is 2.39. The van der Waals surface area contributed by atoms with Crippen LogP contribution in [0.15, 0.2) is 36.8 Å². The summed E-state index contributed by atoms with van der Waals surface area (Å²) in [5, 5.41) is 1.74. The molecule has 7 nitrogen and oxygen atoms in total. The molecule has 8 heteroatoms. The van der Waals surface area contributed by atoms with Crippen molar-refractivity contribution in [1.29, 1.82) is 0 Å². The van der Waals surface area contributed by atoms with E-state index < -0.39 is 0 Å². The van der Waals surface area contributed by atoms with Crippen molar-refractivity contribution in [3.8, 4) is 0 Å². The molecule has 1 fully saturated rings. The highest BCUT2D eigenvalue weighted by Gasteiger charge is 2.28. The number of aryl methyl sites for hydroxylation is 1. The Morgan fingerprint density at radius 3 is 2.62 bits per heavy atom. The average Bonchev–Trinajstić information content (AvgIpc) is 3.14. The summed E-state index contributed by atoms with van der Waals surface area (Å²) in [5.74, 6) is 0.825. The number of halogens is 1. The standard InChI is InChI=1S/C21H25ClN6O/c1-14-12-24-19-18(14)20(26-13-25-19)27-6-8-28(9-7-27)21(29)16(11-23)10-15-2-4-17(22)5-3-15/h2-5,12-13,16H,6-11,23H2,1H3,(H,24,25,26). The Hall–Kier alpha value is -2.64. The highest BCUT2D eigenvalue weighted by molar-refractivity contribution is 6.30. The molecule has 0 saturated carbocycles. The second kappa shape index (κ2) is 8.39. The highest BCUT2D eigenvalue weighted by atomic mass is 35.5. The molecule has 1 saturated heterocycles. The van der Waals surface area contributed by atoms with E-state index in [0.717, 1.165) is 41.1 Å². The van der Waals surface area contributed by atoms with Gasteiger partial charge in [-0.05, 0) is 36.6 Å². The molecule has 1 amide bonds. The number of amides is 1. The summed E-state index contributed by atoms with van der Waals surface area (Å²) in [7, 11) is 0. The molecule has 1 unspecified atom stereocenters. The van der Waals surface area contributed by atoms with Crippen LogP contribution in [0.1, 0.15) is 11.1 Å². The second-order valence-electron chi connectivity index (χ2n) is 7.47. The van der Waals surface area contributed by atoms with Crippen LogP contribution < -0.4 is 10.6 Å². The number of rotatable bonds is 5. The van der Waals surface area contributed by atoms with Crippen LogP contribution in [-0.2, 0) is 11.2 Å². The van der Waals surface area contributed by atoms with Crippen molar-refractivity contribution in [2.45, 2.75) is 13.3 Å². The number of carbonyl (C=O) groups excluding carboxylic acids is 1. The van der Waals surface area contributed by atoms with E-state index in [1.807, 2.05) is 42.3 Å². The third-order valence-electron chi connectivity index (χ3n) is 5.57. The van der Waals surface area contributed by atoms with Crippen molar-refractivity contribution in [3.63, 3.8) is 0 Å². The van der Waals surface area contributed by atoms with E-state index in [4.69, 9.17) is 17.3 Å². The third kappa shape index (κ3) is 4.06. The Morgan fingerprint density at radius 1 is 1.21 bits per heavy atom. The lowest BCUT2D eigenvalue weighted by Gasteiger charge is -2.37. The smallest absolute Gasteiger partial charge is 0.227 e. The van der Waals surface area contributed by atoms with Crippen molar-refractivity contribution < 1.29 is 4.79 Å². The minimum absolute atomic E-state index is 0.118. The van der Waals surface area contributed by atoms with Gasteiger partial charge in [-0.15, -0.1) is 0 Å². The first-order valence-electron chi connectivity index (χ1n) is 9.83. The van der Waals surface area contributed by atoms with Gasteiger partial charge in [0.25, 0.3) is 0 Å². The predicted molar refractivity (Wildman–Crippen MR) is 115 cm³/mol. The summed E-state index contributed by atoms with van der Waals surface area (Å²) in [6.45, 7) is 5.17. The maximum absolute atomic E-state index is 13.0. The lowest BCUT2D eigenvalue weighted by Crippen LogP contribution is -2.51. The summed E-state index contributed by atoms with van der Waals surface area (Å²) < 4.78 is 0. The molecule has 3 heterocycles. The summed E-state index contributed by atoms with van der Waals surface area (Å²) in [6, 6.07) is 7.60. The molecule has 0 aliphatic carbocycles. The SMILES string of the molecule is Cc1c[nH]c2ncnc(N3CCN(C(=O)C(CN)Cc4ccc(Cl)cc4)CC3)c12. The molecule has 0 radical (unpaired) electrons. The minimum atomic E-state index is -0.222. The van der Waals surface area contributed by atoms with Crippen LogP contribution in [0, 0.1) is 12.8 Å². The molecule has 3 aromatic rings. The molecule has 1 aliphatic rings. The Morgan fingerprint density at radius 2 is 1.93 bits per heavy atom. The van der Waals surface area contributed by atoms with Gasteiger partial charge < -0.3 is 20.5 Å². The average molecular weight is 413 g/mol. The van der Waals surface area contributed by atoms with E-state index in [-0.39, 0.29) is 11.8 Å². The van der Waals surface area contributed by atoms with E-state index in [1.165, 1.54) is 0 Å². The number of H-pyrrole nitrogens is 1. The van der Waals surface area contributed by atoms with Crippen LogP contribution in [-0.4, -0.2) is 58.5 Å². The topological polar surface area (TPSA) is 91.1 Å². The number of fused-ring (bicyclic) bond motifs is 1. The van der Waals surface area contributed by atoms with E-state index in [1.54, 1.807) is 6.33 Å². The number of aromatic amines is 1. The molecular weight excluding hydrogens is 388 g/mol. The number of nitrogens with two attached hydrogens (primary N) is 1. The number of piperazine rings is 1. The largest absolute Gasteiger partial charge is 0.352 e. The molecule has 4 rings (SSSR count). The van der Waals surface area contributed by atoms with Crippen molar-refractivity contribution in [3.05, 3.63) is 52.9 Å². The summed E-state index contributed by atoms with van der Waals surface area (Å²) in [6.07, 6.45) is 4.16. The first-order chi connectivity index (χ1) is 14.1. The number of aromatic nitrogens is 3. The molecule has 1 aromatic carbocycles. The number of benzene rings is 1. The second-order valence-corrected chi connectivity index (χ2v) is 7.90. The van der Waals surface area contributed by atoms with Gasteiger partial charge >= 0.3 is 0 Å². The van der Waals surface area contributed by atoms with E-state index >= 15 is 0 Å². The molecule has 152 valence electrons. The monoisotopic (exact) mass is 412 g/mol. The highest BCUT2D eigenvalue weighted by Crippen LogP contribution is 2.26. The zero-order valence-electron chi connectivity index (χ0n) is 16.4. The van der Waals surface area contributed by atoms with Crippen molar-refractivity contribution in [2.75, 3.05) is 37.6 Å². The maximum Gasteiger partial charge on any atom is 0.227 e. The maximum atomic E-state index is 13.0. The number of carbonyl (C=O) groups is 1. The van der Waals surface area contributed by atoms with Gasteiger partial charge in [0, 0.05) is 43.9 Å². The van der Waals surface area contributed by atoms with Crippen molar-refractivity contribution in [2.24, 2.45) is 11.7 Å². The Labute approximate surface area is 174 Å². The quantitative estimate of drug-likeness (QED) is 0.671. The van der Waals surface area contributed by atoms with Gasteiger partial charge in [0.2, 0.25) is 5.91 Å². The third-order valence-corrected chi connectivity index (χ3v) is 5.82. The lowest BCUT2D eigenvalue weighted by molar-refractivity contribution is -0.135. The fourth-order valence-corrected chi connectivity index (χ4v) is 4.04. The van der Waals surface area contributed by atoms with Crippen LogP contribution >= 0.6 is 11.6 Å². The first kappa shape index (κ1) is 19.7. The van der Waals surface area contributed by atoms with E-state index in [2.05, 4.69) is 19.9 Å². The van der Waals surface area contributed by atoms with Crippen LogP contribution in [0.4, 0.5) is 5.82 Å². The summed E-state index contributed by atoms with van der Waals surface area (Å²) in [5.41, 5.74) is 8.98. The van der Waals surface area contributed by atoms with Gasteiger partial charge in [-0.1, -0.05) is 23.7 Å². The summed E-state index contributed by atoms with van der Waals surface area (Å²) in [4.78, 5) is 29.2. The first-order valence-corrected chi connectivity index (χ1v) is 10.2. The number of hydrogen-bond donors (Lipinski definition) is 2. The van der Waals surface area contributed by atoms with Crippen LogP contribution in [0.3, 0.4) is 0 Å². The van der Waals surface area contributed by atoms with Gasteiger partial charge in [0.15, 0.2) is 0 Å². The van der Waals surface area contributed by atoms with Gasteiger partial charge in [-0.3, -0.25) is 4.79 Å². The molecule has 3 N–H and O–H groups in total. The molecule has 2 aromatic heterocycles. The van der Waals surface area contributed by atoms with Gasteiger partial charge in [-0.2, -0.15) is 0 Å². The van der Waals surface area contributed by atoms with Gasteiger partial charge in [-0.25, -0.2) is 9.97 Å². The number of hydrogen-bond acceptors (Lipinski definition) is 5. The number of anilines is 1. The molecule has 0 spiro atoms. The number of nitrogens with zero attached hydrogens (tertiary/aromatic N) is 4. The van der Waals surface area contributed by atoms with Crippen molar-refractivity contribution in [1.82, 2.24) is 19.9 Å². The Bertz CT molecular complexity index is 994. The summed E-state index contributed by atoms with van der Waals surface area (Å²) >= 11 is 5.95. The van der Waals surface area contributed by atoms with Crippen LogP contribution in [0.2, 0.25) is 5.02 Å². The minimum Gasteiger partial charge on any atom is -0.352 e. The van der Waals surface area contributed by atoms with E-state index in [0.29, 0.717) is 31.1 Å². The Kier molecular flexibility index (Phi) is 5.69. The molecule has 0 bridgehead atoms. The van der Waals surface area contributed by atoms with Crippen molar-refractivity contribution >= 4 is 34.4 Å². The molecule has 1 aliphatic heterocycles. The Balaban J connectivity index is 1.42. The lowest BCUT2D eigenvalue weighted by atomic mass is 9.97.